The Bertz CT molecular complexity index is 810. The average molecular weight is 333 g/mol. The zero-order valence-electron chi connectivity index (χ0n) is 10.8. The van der Waals surface area contributed by atoms with Gasteiger partial charge in [0.15, 0.2) is 0 Å². The van der Waals surface area contributed by atoms with E-state index < -0.39 is 26.6 Å². The molecule has 0 fully saturated rings. The number of anilines is 2. The van der Waals surface area contributed by atoms with Gasteiger partial charge in [0.2, 0.25) is 0 Å². The van der Waals surface area contributed by atoms with E-state index in [0.29, 0.717) is 0 Å². The second-order valence-electron chi connectivity index (χ2n) is 4.38. The van der Waals surface area contributed by atoms with Crippen LogP contribution in [-0.4, -0.2) is 8.42 Å². The first-order valence-electron chi connectivity index (χ1n) is 5.74. The monoisotopic (exact) mass is 332 g/mol. The lowest BCUT2D eigenvalue weighted by Gasteiger charge is -2.11. The van der Waals surface area contributed by atoms with Gasteiger partial charge in [0.1, 0.15) is 16.5 Å². The van der Waals surface area contributed by atoms with Crippen LogP contribution in [0.15, 0.2) is 35.2 Å². The molecule has 0 bridgehead atoms. The predicted molar refractivity (Wildman–Crippen MR) is 77.8 cm³/mol. The van der Waals surface area contributed by atoms with Gasteiger partial charge in [-0.1, -0.05) is 11.6 Å². The molecule has 0 saturated carbocycles. The molecule has 21 heavy (non-hydrogen) atoms. The average Bonchev–Trinajstić information content (AvgIpc) is 2.37. The standard InChI is InChI=1S/C13H11ClF2N2O2S/c1-7-4-8(17)5-12(13(7)16)21(19,20)18-9-2-3-10(14)11(15)6-9/h2-6,18H,17H2,1H3. The van der Waals surface area contributed by atoms with Crippen LogP contribution in [0.1, 0.15) is 5.56 Å². The summed E-state index contributed by atoms with van der Waals surface area (Å²) in [4.78, 5) is -0.602. The van der Waals surface area contributed by atoms with Crippen LogP contribution in [-0.2, 0) is 10.0 Å². The fraction of sp³-hybridized carbons (Fsp3) is 0.0769. The number of sulfonamides is 1. The maximum absolute atomic E-state index is 14.0. The summed E-state index contributed by atoms with van der Waals surface area (Å²) in [5, 5.41) is -0.149. The number of hydrogen-bond acceptors (Lipinski definition) is 3. The molecular weight excluding hydrogens is 322 g/mol. The number of nitrogens with one attached hydrogen (secondary N) is 1. The van der Waals surface area contributed by atoms with Gasteiger partial charge in [0.25, 0.3) is 10.0 Å². The number of aryl methyl sites for hydroxylation is 1. The summed E-state index contributed by atoms with van der Waals surface area (Å²) in [5.74, 6) is -1.70. The Morgan fingerprint density at radius 2 is 1.86 bits per heavy atom. The van der Waals surface area contributed by atoms with E-state index in [2.05, 4.69) is 4.72 Å². The Kier molecular flexibility index (Phi) is 4.06. The van der Waals surface area contributed by atoms with Crippen molar-refractivity contribution >= 4 is 33.0 Å². The third kappa shape index (κ3) is 3.25. The van der Waals surface area contributed by atoms with Crippen LogP contribution in [0, 0.1) is 18.6 Å². The molecule has 0 aliphatic carbocycles. The second kappa shape index (κ2) is 5.50. The van der Waals surface area contributed by atoms with E-state index >= 15 is 0 Å². The number of rotatable bonds is 3. The Labute approximate surface area is 125 Å². The molecule has 112 valence electrons. The molecule has 0 aliphatic heterocycles. The fourth-order valence-corrected chi connectivity index (χ4v) is 3.08. The van der Waals surface area contributed by atoms with E-state index in [4.69, 9.17) is 17.3 Å². The highest BCUT2D eigenvalue weighted by molar-refractivity contribution is 7.92. The summed E-state index contributed by atoms with van der Waals surface area (Å²) >= 11 is 5.51. The number of benzene rings is 2. The van der Waals surface area contributed by atoms with Gasteiger partial charge in [0, 0.05) is 5.69 Å². The van der Waals surface area contributed by atoms with Gasteiger partial charge in [-0.15, -0.1) is 0 Å². The van der Waals surface area contributed by atoms with Crippen molar-refractivity contribution in [3.63, 3.8) is 0 Å². The van der Waals surface area contributed by atoms with Crippen molar-refractivity contribution in [1.82, 2.24) is 0 Å². The van der Waals surface area contributed by atoms with Crippen LogP contribution < -0.4 is 10.5 Å². The summed E-state index contributed by atoms with van der Waals surface area (Å²) in [7, 11) is -4.23. The van der Waals surface area contributed by atoms with E-state index in [1.54, 1.807) is 0 Å². The minimum atomic E-state index is -4.23. The maximum atomic E-state index is 14.0. The molecule has 4 nitrogen and oxygen atoms in total. The molecule has 3 N–H and O–H groups in total. The number of nitrogens with two attached hydrogens (primary N) is 1. The molecule has 8 heteroatoms. The highest BCUT2D eigenvalue weighted by atomic mass is 35.5. The summed E-state index contributed by atoms with van der Waals surface area (Å²) in [5.41, 5.74) is 5.66. The molecule has 0 heterocycles. The molecule has 0 atom stereocenters. The van der Waals surface area contributed by atoms with Gasteiger partial charge in [-0.25, -0.2) is 17.2 Å². The van der Waals surface area contributed by atoms with Crippen molar-refractivity contribution in [2.24, 2.45) is 0 Å². The van der Waals surface area contributed by atoms with Crippen molar-refractivity contribution in [1.29, 1.82) is 0 Å². The zero-order valence-corrected chi connectivity index (χ0v) is 12.4. The molecule has 2 aromatic rings. The Balaban J connectivity index is 2.45. The van der Waals surface area contributed by atoms with Crippen LogP contribution in [0.25, 0.3) is 0 Å². The van der Waals surface area contributed by atoms with Gasteiger partial charge in [-0.2, -0.15) is 0 Å². The highest BCUT2D eigenvalue weighted by Gasteiger charge is 2.21. The molecule has 0 saturated heterocycles. The molecule has 0 aromatic heterocycles. The minimum absolute atomic E-state index is 0.0728. The van der Waals surface area contributed by atoms with Crippen LogP contribution in [0.5, 0.6) is 0 Å². The van der Waals surface area contributed by atoms with Crippen LogP contribution in [0.4, 0.5) is 20.2 Å². The summed E-state index contributed by atoms with van der Waals surface area (Å²) in [6.07, 6.45) is 0. The number of hydrogen-bond donors (Lipinski definition) is 2. The fourth-order valence-electron chi connectivity index (χ4n) is 1.73. The third-order valence-corrected chi connectivity index (χ3v) is 4.39. The zero-order chi connectivity index (χ0) is 15.8. The van der Waals surface area contributed by atoms with Crippen molar-refractivity contribution in [3.05, 3.63) is 52.6 Å². The quantitative estimate of drug-likeness (QED) is 0.847. The van der Waals surface area contributed by atoms with Crippen molar-refractivity contribution in [2.45, 2.75) is 11.8 Å². The van der Waals surface area contributed by atoms with Gasteiger partial charge < -0.3 is 5.73 Å². The lowest BCUT2D eigenvalue weighted by molar-refractivity contribution is 0.565. The smallest absolute Gasteiger partial charge is 0.264 e. The van der Waals surface area contributed by atoms with Crippen LogP contribution in [0.2, 0.25) is 5.02 Å². The third-order valence-electron chi connectivity index (χ3n) is 2.70. The topological polar surface area (TPSA) is 72.2 Å². The summed E-state index contributed by atoms with van der Waals surface area (Å²) in [6.45, 7) is 1.40. The van der Waals surface area contributed by atoms with Crippen molar-refractivity contribution < 1.29 is 17.2 Å². The maximum Gasteiger partial charge on any atom is 0.264 e. The van der Waals surface area contributed by atoms with Gasteiger partial charge in [0.05, 0.1) is 10.7 Å². The highest BCUT2D eigenvalue weighted by Crippen LogP contribution is 2.25. The first kappa shape index (κ1) is 15.5. The van der Waals surface area contributed by atoms with Gasteiger partial charge in [-0.05, 0) is 42.8 Å². The largest absolute Gasteiger partial charge is 0.399 e. The van der Waals surface area contributed by atoms with E-state index in [-0.39, 0.29) is 22.0 Å². The van der Waals surface area contributed by atoms with Crippen LogP contribution >= 0.6 is 11.6 Å². The molecule has 2 rings (SSSR count). The van der Waals surface area contributed by atoms with Gasteiger partial charge in [-0.3, -0.25) is 4.72 Å². The Morgan fingerprint density at radius 1 is 1.19 bits per heavy atom. The Morgan fingerprint density at radius 3 is 2.48 bits per heavy atom. The summed E-state index contributed by atoms with van der Waals surface area (Å²) in [6, 6.07) is 5.67. The molecular formula is C13H11ClF2N2O2S. The number of nitrogen functional groups attached to an aromatic ring is 1. The molecule has 0 radical (unpaired) electrons. The van der Waals surface area contributed by atoms with E-state index in [0.717, 1.165) is 12.1 Å². The van der Waals surface area contributed by atoms with Gasteiger partial charge >= 0.3 is 0 Å². The first-order chi connectivity index (χ1) is 9.70. The first-order valence-corrected chi connectivity index (χ1v) is 7.60. The molecule has 2 aromatic carbocycles. The Hall–Kier alpha value is -1.86. The summed E-state index contributed by atoms with van der Waals surface area (Å²) < 4.78 is 53.7. The SMILES string of the molecule is Cc1cc(N)cc(S(=O)(=O)Nc2ccc(Cl)c(F)c2)c1F. The second-order valence-corrected chi connectivity index (χ2v) is 6.44. The van der Waals surface area contributed by atoms with Crippen LogP contribution in [0.3, 0.4) is 0 Å². The normalized spacial score (nSPS) is 11.4. The lowest BCUT2D eigenvalue weighted by atomic mass is 10.2. The predicted octanol–water partition coefficient (Wildman–Crippen LogP) is 3.31. The molecule has 0 spiro atoms. The van der Waals surface area contributed by atoms with E-state index in [9.17, 15) is 17.2 Å². The minimum Gasteiger partial charge on any atom is -0.399 e. The number of halogens is 3. The van der Waals surface area contributed by atoms with Crippen molar-refractivity contribution in [3.8, 4) is 0 Å². The van der Waals surface area contributed by atoms with Crippen molar-refractivity contribution in [2.75, 3.05) is 10.5 Å². The van der Waals surface area contributed by atoms with E-state index in [1.807, 2.05) is 0 Å². The van der Waals surface area contributed by atoms with E-state index in [1.165, 1.54) is 25.1 Å². The molecule has 0 amide bonds. The molecule has 0 unspecified atom stereocenters. The lowest BCUT2D eigenvalue weighted by Crippen LogP contribution is -2.15. The molecule has 0 aliphatic rings.